The molecule has 0 bridgehead atoms. The molecule has 22 heavy (non-hydrogen) atoms. The SMILES string of the molecule is CCOc1ccc(Cl)cc1-c1csc(-n2cccc2C=O)n1. The molecule has 0 atom stereocenters. The minimum atomic E-state index is 0.567. The average molecular weight is 333 g/mol. The van der Waals surface area contributed by atoms with Crippen LogP contribution in [-0.2, 0) is 0 Å². The Kier molecular flexibility index (Phi) is 4.27. The first-order chi connectivity index (χ1) is 10.7. The van der Waals surface area contributed by atoms with Gasteiger partial charge in [-0.1, -0.05) is 11.6 Å². The van der Waals surface area contributed by atoms with Crippen LogP contribution in [0.2, 0.25) is 5.02 Å². The van der Waals surface area contributed by atoms with Crippen molar-refractivity contribution in [3.8, 4) is 22.1 Å². The van der Waals surface area contributed by atoms with Crippen LogP contribution < -0.4 is 4.74 Å². The Morgan fingerprint density at radius 3 is 3.05 bits per heavy atom. The summed E-state index contributed by atoms with van der Waals surface area (Å²) >= 11 is 7.55. The normalized spacial score (nSPS) is 10.6. The number of nitrogens with zero attached hydrogens (tertiary/aromatic N) is 2. The Bertz CT molecular complexity index is 810. The highest BCUT2D eigenvalue weighted by Crippen LogP contribution is 2.34. The van der Waals surface area contributed by atoms with E-state index < -0.39 is 0 Å². The molecule has 0 N–H and O–H groups in total. The summed E-state index contributed by atoms with van der Waals surface area (Å²) in [5.74, 6) is 0.742. The molecular formula is C16H13ClN2O2S. The van der Waals surface area contributed by atoms with Gasteiger partial charge in [0.15, 0.2) is 11.4 Å². The first kappa shape index (κ1) is 14.8. The number of rotatable bonds is 5. The predicted molar refractivity (Wildman–Crippen MR) is 88.4 cm³/mol. The maximum atomic E-state index is 11.0. The summed E-state index contributed by atoms with van der Waals surface area (Å²) in [5, 5.41) is 3.28. The van der Waals surface area contributed by atoms with Gasteiger partial charge < -0.3 is 4.74 Å². The third-order valence-electron chi connectivity index (χ3n) is 3.12. The fourth-order valence-electron chi connectivity index (χ4n) is 2.15. The van der Waals surface area contributed by atoms with Crippen LogP contribution in [0.5, 0.6) is 5.75 Å². The minimum Gasteiger partial charge on any atom is -0.493 e. The van der Waals surface area contributed by atoms with Crippen LogP contribution in [0.15, 0.2) is 41.9 Å². The van der Waals surface area contributed by atoms with Crippen molar-refractivity contribution >= 4 is 29.2 Å². The molecule has 0 saturated heterocycles. The van der Waals surface area contributed by atoms with E-state index in [9.17, 15) is 4.79 Å². The van der Waals surface area contributed by atoms with E-state index in [1.165, 1.54) is 11.3 Å². The smallest absolute Gasteiger partial charge is 0.194 e. The van der Waals surface area contributed by atoms with Crippen molar-refractivity contribution in [3.63, 3.8) is 0 Å². The molecule has 0 amide bonds. The van der Waals surface area contributed by atoms with Gasteiger partial charge >= 0.3 is 0 Å². The standard InChI is InChI=1S/C16H13ClN2O2S/c1-2-21-15-6-5-11(17)8-13(15)14-10-22-16(18-14)19-7-3-4-12(19)9-20/h3-10H,2H2,1H3. The summed E-state index contributed by atoms with van der Waals surface area (Å²) in [4.78, 5) is 15.6. The fourth-order valence-corrected chi connectivity index (χ4v) is 3.15. The molecule has 4 nitrogen and oxygen atoms in total. The van der Waals surface area contributed by atoms with Gasteiger partial charge in [0.05, 0.1) is 18.0 Å². The summed E-state index contributed by atoms with van der Waals surface area (Å²) in [6, 6.07) is 9.03. The Balaban J connectivity index is 2.04. The molecule has 3 aromatic rings. The van der Waals surface area contributed by atoms with Crippen LogP contribution in [0.4, 0.5) is 0 Å². The van der Waals surface area contributed by atoms with Gasteiger partial charge in [-0.2, -0.15) is 0 Å². The van der Waals surface area contributed by atoms with Gasteiger partial charge in [0.1, 0.15) is 5.75 Å². The number of hydrogen-bond donors (Lipinski definition) is 0. The number of thiazole rings is 1. The summed E-state index contributed by atoms with van der Waals surface area (Å²) in [6.45, 7) is 2.50. The lowest BCUT2D eigenvalue weighted by molar-refractivity contribution is 0.111. The van der Waals surface area contributed by atoms with E-state index in [1.54, 1.807) is 16.7 Å². The maximum Gasteiger partial charge on any atom is 0.194 e. The third-order valence-corrected chi connectivity index (χ3v) is 4.19. The van der Waals surface area contributed by atoms with Crippen molar-refractivity contribution in [1.82, 2.24) is 9.55 Å². The second-order valence-electron chi connectivity index (χ2n) is 4.51. The van der Waals surface area contributed by atoms with Crippen molar-refractivity contribution in [1.29, 1.82) is 0 Å². The summed E-state index contributed by atoms with van der Waals surface area (Å²) in [5.41, 5.74) is 2.19. The van der Waals surface area contributed by atoms with Crippen LogP contribution in [-0.4, -0.2) is 22.4 Å². The summed E-state index contributed by atoms with van der Waals surface area (Å²) in [7, 11) is 0. The Morgan fingerprint density at radius 2 is 2.27 bits per heavy atom. The number of halogens is 1. The highest BCUT2D eigenvalue weighted by molar-refractivity contribution is 7.12. The van der Waals surface area contributed by atoms with E-state index in [0.717, 1.165) is 28.4 Å². The van der Waals surface area contributed by atoms with Gasteiger partial charge in [0, 0.05) is 22.2 Å². The lowest BCUT2D eigenvalue weighted by atomic mass is 10.1. The maximum absolute atomic E-state index is 11.0. The van der Waals surface area contributed by atoms with E-state index in [-0.39, 0.29) is 0 Å². The lowest BCUT2D eigenvalue weighted by Crippen LogP contribution is -1.97. The molecule has 0 unspecified atom stereocenters. The molecule has 2 heterocycles. The van der Waals surface area contributed by atoms with E-state index in [4.69, 9.17) is 16.3 Å². The largest absolute Gasteiger partial charge is 0.493 e. The Morgan fingerprint density at radius 1 is 1.41 bits per heavy atom. The number of carbonyl (C=O) groups excluding carboxylic acids is 1. The zero-order valence-corrected chi connectivity index (χ0v) is 13.4. The molecular weight excluding hydrogens is 320 g/mol. The Labute approximate surface area is 136 Å². The van der Waals surface area contributed by atoms with E-state index in [0.29, 0.717) is 17.3 Å². The molecule has 3 rings (SSSR count). The van der Waals surface area contributed by atoms with Crippen molar-refractivity contribution in [2.75, 3.05) is 6.61 Å². The molecule has 2 aromatic heterocycles. The minimum absolute atomic E-state index is 0.567. The number of hydrogen-bond acceptors (Lipinski definition) is 4. The molecule has 0 spiro atoms. The topological polar surface area (TPSA) is 44.1 Å². The van der Waals surface area contributed by atoms with E-state index in [1.807, 2.05) is 36.7 Å². The van der Waals surface area contributed by atoms with Crippen LogP contribution in [0.1, 0.15) is 17.4 Å². The first-order valence-corrected chi connectivity index (χ1v) is 8.00. The van der Waals surface area contributed by atoms with Crippen molar-refractivity contribution in [2.45, 2.75) is 6.92 Å². The molecule has 0 aliphatic heterocycles. The predicted octanol–water partition coefficient (Wildman–Crippen LogP) is 4.47. The van der Waals surface area contributed by atoms with Crippen LogP contribution in [0, 0.1) is 0 Å². The number of aromatic nitrogens is 2. The Hall–Kier alpha value is -2.11. The summed E-state index contributed by atoms with van der Waals surface area (Å²) < 4.78 is 7.39. The molecule has 0 aliphatic rings. The van der Waals surface area contributed by atoms with E-state index in [2.05, 4.69) is 4.98 Å². The summed E-state index contributed by atoms with van der Waals surface area (Å²) in [6.07, 6.45) is 2.62. The van der Waals surface area contributed by atoms with Crippen LogP contribution in [0.3, 0.4) is 0 Å². The first-order valence-electron chi connectivity index (χ1n) is 6.74. The monoisotopic (exact) mass is 332 g/mol. The average Bonchev–Trinajstić information content (AvgIpc) is 3.17. The van der Waals surface area contributed by atoms with Gasteiger partial charge in [-0.25, -0.2) is 4.98 Å². The van der Waals surface area contributed by atoms with Crippen molar-refractivity contribution in [2.24, 2.45) is 0 Å². The van der Waals surface area contributed by atoms with Gasteiger partial charge in [-0.3, -0.25) is 9.36 Å². The molecule has 6 heteroatoms. The molecule has 1 aromatic carbocycles. The zero-order valence-electron chi connectivity index (χ0n) is 11.8. The third kappa shape index (κ3) is 2.77. The van der Waals surface area contributed by atoms with Crippen LogP contribution in [0.25, 0.3) is 16.4 Å². The second-order valence-corrected chi connectivity index (χ2v) is 5.78. The molecule has 112 valence electrons. The van der Waals surface area contributed by atoms with Gasteiger partial charge in [-0.05, 0) is 37.3 Å². The molecule has 0 aliphatic carbocycles. The quantitative estimate of drug-likeness (QED) is 0.648. The van der Waals surface area contributed by atoms with E-state index >= 15 is 0 Å². The second kappa shape index (κ2) is 6.34. The number of aldehydes is 1. The molecule has 0 fully saturated rings. The highest BCUT2D eigenvalue weighted by Gasteiger charge is 2.13. The van der Waals surface area contributed by atoms with Crippen LogP contribution >= 0.6 is 22.9 Å². The molecule has 0 saturated carbocycles. The number of carbonyl (C=O) groups is 1. The lowest BCUT2D eigenvalue weighted by Gasteiger charge is -2.08. The molecule has 0 radical (unpaired) electrons. The number of benzene rings is 1. The van der Waals surface area contributed by atoms with Gasteiger partial charge in [0.2, 0.25) is 0 Å². The van der Waals surface area contributed by atoms with Gasteiger partial charge in [0.25, 0.3) is 0 Å². The van der Waals surface area contributed by atoms with Crippen molar-refractivity contribution in [3.05, 3.63) is 52.6 Å². The number of ether oxygens (including phenoxy) is 1. The van der Waals surface area contributed by atoms with Crippen molar-refractivity contribution < 1.29 is 9.53 Å². The highest BCUT2D eigenvalue weighted by atomic mass is 35.5. The fraction of sp³-hybridized carbons (Fsp3) is 0.125. The van der Waals surface area contributed by atoms with Gasteiger partial charge in [-0.15, -0.1) is 11.3 Å². The zero-order chi connectivity index (χ0) is 15.5.